The number of ether oxygens (including phenoxy) is 3. The van der Waals surface area contributed by atoms with Crippen LogP contribution >= 0.6 is 0 Å². The number of aliphatic hydroxyl groups is 4. The highest BCUT2D eigenvalue weighted by Gasteiger charge is 2.48. The first-order chi connectivity index (χ1) is 13.5. The van der Waals surface area contributed by atoms with Gasteiger partial charge in [0.25, 0.3) is 0 Å². The average Bonchev–Trinajstić information content (AvgIpc) is 2.74. The second-order valence-electron chi connectivity index (χ2n) is 6.33. The summed E-state index contributed by atoms with van der Waals surface area (Å²) in [6.45, 7) is -0.870. The number of aliphatic hydroxyl groups excluding tert-OH is 4. The third-order valence-electron chi connectivity index (χ3n) is 4.46. The first-order valence-corrected chi connectivity index (χ1v) is 8.79. The van der Waals surface area contributed by atoms with Crippen molar-refractivity contribution in [3.8, 4) is 5.75 Å². The lowest BCUT2D eigenvalue weighted by Gasteiger charge is -2.41. The Morgan fingerprint density at radius 2 is 1.64 bits per heavy atom. The molecule has 150 valence electrons. The number of carbonyl (C=O) groups is 1. The molecule has 2 aromatic carbocycles. The number of benzene rings is 2. The van der Waals surface area contributed by atoms with E-state index in [9.17, 15) is 25.2 Å². The van der Waals surface area contributed by atoms with E-state index in [0.717, 1.165) is 0 Å². The van der Waals surface area contributed by atoms with Gasteiger partial charge < -0.3 is 34.6 Å². The molecule has 0 amide bonds. The maximum atomic E-state index is 12.4. The van der Waals surface area contributed by atoms with Crippen molar-refractivity contribution in [1.29, 1.82) is 0 Å². The number of hydrogen-bond acceptors (Lipinski definition) is 8. The van der Waals surface area contributed by atoms with Crippen LogP contribution in [0.25, 0.3) is 0 Å². The van der Waals surface area contributed by atoms with Crippen LogP contribution in [-0.2, 0) is 16.1 Å². The zero-order valence-electron chi connectivity index (χ0n) is 14.9. The average molecular weight is 390 g/mol. The van der Waals surface area contributed by atoms with Crippen LogP contribution in [-0.4, -0.2) is 63.7 Å². The predicted molar refractivity (Wildman–Crippen MR) is 96.4 cm³/mol. The Morgan fingerprint density at radius 3 is 2.32 bits per heavy atom. The van der Waals surface area contributed by atoms with Gasteiger partial charge in [-0.3, -0.25) is 0 Å². The molecule has 28 heavy (non-hydrogen) atoms. The Morgan fingerprint density at radius 1 is 0.964 bits per heavy atom. The summed E-state index contributed by atoms with van der Waals surface area (Å²) in [5.41, 5.74) is 0.711. The molecule has 2 aromatic rings. The summed E-state index contributed by atoms with van der Waals surface area (Å²) >= 11 is 0. The van der Waals surface area contributed by atoms with Crippen molar-refractivity contribution < 1.29 is 39.4 Å². The summed E-state index contributed by atoms with van der Waals surface area (Å²) in [6, 6.07) is 14.7. The van der Waals surface area contributed by atoms with Crippen LogP contribution in [0.4, 0.5) is 0 Å². The molecule has 0 saturated carbocycles. The quantitative estimate of drug-likeness (QED) is 0.516. The van der Waals surface area contributed by atoms with Gasteiger partial charge in [0.2, 0.25) is 6.29 Å². The predicted octanol–water partition coefficient (Wildman–Crippen LogP) is 0.222. The summed E-state index contributed by atoms with van der Waals surface area (Å²) in [7, 11) is 0. The van der Waals surface area contributed by atoms with Crippen LogP contribution in [0.5, 0.6) is 5.75 Å². The van der Waals surface area contributed by atoms with Crippen LogP contribution in [0, 0.1) is 0 Å². The summed E-state index contributed by atoms with van der Waals surface area (Å²) < 4.78 is 16.6. The van der Waals surface area contributed by atoms with Crippen LogP contribution < -0.4 is 4.74 Å². The molecule has 0 aromatic heterocycles. The molecule has 0 bridgehead atoms. The molecule has 1 aliphatic rings. The molecule has 8 nitrogen and oxygen atoms in total. The summed E-state index contributed by atoms with van der Waals surface area (Å²) in [5.74, 6) is -0.469. The van der Waals surface area contributed by atoms with Crippen molar-refractivity contribution in [3.63, 3.8) is 0 Å². The lowest BCUT2D eigenvalue weighted by molar-refractivity contribution is -0.276. The lowest BCUT2D eigenvalue weighted by Crippen LogP contribution is -2.61. The Hall–Kier alpha value is -2.49. The van der Waals surface area contributed by atoms with Gasteiger partial charge in [0, 0.05) is 5.56 Å². The Labute approximate surface area is 161 Å². The second-order valence-corrected chi connectivity index (χ2v) is 6.33. The summed E-state index contributed by atoms with van der Waals surface area (Å²) in [6.07, 6.45) is -6.84. The van der Waals surface area contributed by atoms with Crippen molar-refractivity contribution in [2.45, 2.75) is 37.3 Å². The Bertz CT molecular complexity index is 781. The maximum absolute atomic E-state index is 12.4. The van der Waals surface area contributed by atoms with E-state index in [1.807, 2.05) is 0 Å². The van der Waals surface area contributed by atoms with E-state index in [1.165, 1.54) is 0 Å². The highest BCUT2D eigenvalue weighted by molar-refractivity contribution is 5.89. The second kappa shape index (κ2) is 9.13. The van der Waals surface area contributed by atoms with Gasteiger partial charge >= 0.3 is 5.97 Å². The molecule has 0 aliphatic carbocycles. The van der Waals surface area contributed by atoms with Crippen LogP contribution in [0.2, 0.25) is 0 Å². The molecular formula is C20H22O8. The van der Waals surface area contributed by atoms with E-state index >= 15 is 0 Å². The van der Waals surface area contributed by atoms with Crippen LogP contribution in [0.15, 0.2) is 54.6 Å². The largest absolute Gasteiger partial charge is 0.460 e. The lowest BCUT2D eigenvalue weighted by atomic mass is 9.99. The molecule has 1 heterocycles. The summed E-state index contributed by atoms with van der Waals surface area (Å²) in [5, 5.41) is 39.5. The van der Waals surface area contributed by atoms with Crippen LogP contribution in [0.1, 0.15) is 15.9 Å². The zero-order chi connectivity index (χ0) is 20.1. The monoisotopic (exact) mass is 390 g/mol. The van der Waals surface area contributed by atoms with Crippen LogP contribution in [0.3, 0.4) is 0 Å². The van der Waals surface area contributed by atoms with E-state index in [2.05, 4.69) is 0 Å². The number of para-hydroxylation sites is 1. The van der Waals surface area contributed by atoms with Gasteiger partial charge in [-0.05, 0) is 18.2 Å². The molecule has 5 atom stereocenters. The topological polar surface area (TPSA) is 126 Å². The minimum atomic E-state index is -1.55. The highest BCUT2D eigenvalue weighted by Crippen LogP contribution is 2.28. The fourth-order valence-corrected chi connectivity index (χ4v) is 2.92. The fraction of sp³-hybridized carbons (Fsp3) is 0.350. The third kappa shape index (κ3) is 4.32. The van der Waals surface area contributed by atoms with Crippen molar-refractivity contribution in [3.05, 3.63) is 65.7 Å². The number of carbonyl (C=O) groups excluding carboxylic acids is 1. The summed E-state index contributed by atoms with van der Waals surface area (Å²) in [4.78, 5) is 12.4. The van der Waals surface area contributed by atoms with Crippen molar-refractivity contribution in [2.24, 2.45) is 0 Å². The van der Waals surface area contributed by atoms with Gasteiger partial charge in [-0.1, -0.05) is 36.4 Å². The smallest absolute Gasteiger partial charge is 0.338 e. The molecule has 0 unspecified atom stereocenters. The van der Waals surface area contributed by atoms with E-state index in [4.69, 9.17) is 14.2 Å². The normalized spacial score (nSPS) is 27.2. The van der Waals surface area contributed by atoms with E-state index in [-0.39, 0.29) is 17.9 Å². The molecule has 4 N–H and O–H groups in total. The fourth-order valence-electron chi connectivity index (χ4n) is 2.92. The van der Waals surface area contributed by atoms with Gasteiger partial charge in [0.15, 0.2) is 6.10 Å². The molecular weight excluding hydrogens is 368 g/mol. The van der Waals surface area contributed by atoms with Crippen molar-refractivity contribution in [2.75, 3.05) is 6.61 Å². The molecule has 0 spiro atoms. The van der Waals surface area contributed by atoms with E-state index < -0.39 is 43.3 Å². The standard InChI is InChI=1S/C20H22O8/c21-10-13-8-4-5-9-14(13)26-20-18(17(24)16(23)15(11-22)27-20)28-19(25)12-6-2-1-3-7-12/h1-9,15-18,20-24H,10-11H2/t15-,16+,17+,18+,20-/m0/s1. The molecule has 1 saturated heterocycles. The number of hydrogen-bond donors (Lipinski definition) is 4. The van der Waals surface area contributed by atoms with E-state index in [0.29, 0.717) is 5.56 Å². The van der Waals surface area contributed by atoms with Gasteiger partial charge in [0.1, 0.15) is 24.1 Å². The third-order valence-corrected chi connectivity index (χ3v) is 4.46. The van der Waals surface area contributed by atoms with Gasteiger partial charge in [-0.15, -0.1) is 0 Å². The number of rotatable bonds is 6. The molecule has 8 heteroatoms. The first-order valence-electron chi connectivity index (χ1n) is 8.79. The minimum absolute atomic E-state index is 0.253. The molecule has 1 aliphatic heterocycles. The maximum Gasteiger partial charge on any atom is 0.338 e. The molecule has 3 rings (SSSR count). The van der Waals surface area contributed by atoms with Crippen molar-refractivity contribution >= 4 is 5.97 Å². The first kappa shape index (κ1) is 20.2. The zero-order valence-corrected chi connectivity index (χ0v) is 14.9. The SMILES string of the molecule is O=C(O[C@H]1[C@@H](Oc2ccccc2CO)O[C@@H](CO)[C@@H](O)[C@H]1O)c1ccccc1. The Balaban J connectivity index is 1.85. The Kier molecular flexibility index (Phi) is 6.61. The van der Waals surface area contributed by atoms with Crippen molar-refractivity contribution in [1.82, 2.24) is 0 Å². The minimum Gasteiger partial charge on any atom is -0.460 e. The van der Waals surface area contributed by atoms with Gasteiger partial charge in [-0.25, -0.2) is 4.79 Å². The molecule has 1 fully saturated rings. The van der Waals surface area contributed by atoms with E-state index in [1.54, 1.807) is 54.6 Å². The van der Waals surface area contributed by atoms with Gasteiger partial charge in [-0.2, -0.15) is 0 Å². The molecule has 0 radical (unpaired) electrons. The number of esters is 1. The van der Waals surface area contributed by atoms with Gasteiger partial charge in [0.05, 0.1) is 18.8 Å². The highest BCUT2D eigenvalue weighted by atomic mass is 16.7.